The third-order valence-corrected chi connectivity index (χ3v) is 4.67. The Morgan fingerprint density at radius 2 is 2.21 bits per heavy atom. The van der Waals surface area contributed by atoms with Crippen molar-refractivity contribution in [1.82, 2.24) is 8.96 Å². The lowest BCUT2D eigenvalue weighted by molar-refractivity contribution is 0.104. The van der Waals surface area contributed by atoms with Gasteiger partial charge in [0.05, 0.1) is 11.1 Å². The van der Waals surface area contributed by atoms with Crippen LogP contribution in [-0.4, -0.2) is 14.7 Å². The Kier molecular flexibility index (Phi) is 3.42. The van der Waals surface area contributed by atoms with Gasteiger partial charge in [-0.05, 0) is 22.0 Å². The maximum atomic E-state index is 12.9. The molecule has 0 saturated carbocycles. The first-order valence-corrected chi connectivity index (χ1v) is 7.60. The van der Waals surface area contributed by atoms with Gasteiger partial charge in [0.2, 0.25) is 5.78 Å². The number of benzene rings is 1. The maximum absolute atomic E-state index is 12.9. The van der Waals surface area contributed by atoms with Crippen molar-refractivity contribution in [3.05, 3.63) is 51.0 Å². The molecule has 0 saturated heterocycles. The van der Waals surface area contributed by atoms with E-state index in [-0.39, 0.29) is 18.1 Å². The third kappa shape index (κ3) is 2.22. The van der Waals surface area contributed by atoms with E-state index in [0.717, 1.165) is 5.39 Å². The minimum atomic E-state index is -0.195. The van der Waals surface area contributed by atoms with E-state index in [0.29, 0.717) is 20.7 Å². The zero-order valence-corrected chi connectivity index (χ0v) is 12.6. The molecule has 2 aromatic heterocycles. The number of thiazole rings is 1. The fourth-order valence-electron chi connectivity index (χ4n) is 1.86. The summed E-state index contributed by atoms with van der Waals surface area (Å²) in [5.74, 6) is -0.195. The van der Waals surface area contributed by atoms with Crippen LogP contribution in [-0.2, 0) is 0 Å². The molecule has 0 N–H and O–H groups in total. The van der Waals surface area contributed by atoms with Crippen molar-refractivity contribution in [3.8, 4) is 0 Å². The lowest BCUT2D eigenvalue weighted by atomic mass is 10.1. The summed E-state index contributed by atoms with van der Waals surface area (Å²) in [6.07, 6.45) is 1.51. The second kappa shape index (κ2) is 5.07. The number of fused-ring (bicyclic) bond motifs is 1. The maximum Gasteiger partial charge on any atom is 0.223 e. The Labute approximate surface area is 125 Å². The zero-order valence-electron chi connectivity index (χ0n) is 9.34. The highest BCUT2D eigenvalue weighted by Gasteiger charge is 2.19. The number of carbonyl (C=O) groups excluding carboxylic acids is 1. The van der Waals surface area contributed by atoms with Crippen LogP contribution in [0.25, 0.3) is 10.9 Å². The van der Waals surface area contributed by atoms with Crippen molar-refractivity contribution >= 4 is 56.3 Å². The predicted octanol–water partition coefficient (Wildman–Crippen LogP) is 4.47. The molecule has 0 radical (unpaired) electrons. The topological polar surface area (TPSA) is 34.9 Å². The van der Waals surface area contributed by atoms with E-state index >= 15 is 0 Å². The Morgan fingerprint density at radius 3 is 2.89 bits per heavy atom. The van der Waals surface area contributed by atoms with Crippen LogP contribution in [0.1, 0.15) is 15.4 Å². The third-order valence-electron chi connectivity index (χ3n) is 2.67. The van der Waals surface area contributed by atoms with Crippen LogP contribution in [0.4, 0.5) is 3.89 Å². The van der Waals surface area contributed by atoms with E-state index in [1.807, 2.05) is 12.1 Å². The lowest BCUT2D eigenvalue weighted by Crippen LogP contribution is -1.99. The summed E-state index contributed by atoms with van der Waals surface area (Å²) >= 11 is 4.56. The van der Waals surface area contributed by atoms with Crippen molar-refractivity contribution < 1.29 is 8.68 Å². The molecule has 0 aliphatic carbocycles. The smallest absolute Gasteiger partial charge is 0.223 e. The summed E-state index contributed by atoms with van der Waals surface area (Å²) in [5.41, 5.74) is 1.14. The molecule has 3 rings (SSSR count). The largest absolute Gasteiger partial charge is 0.286 e. The summed E-state index contributed by atoms with van der Waals surface area (Å²) in [7, 11) is 0. The van der Waals surface area contributed by atoms with Gasteiger partial charge in [0.25, 0.3) is 0 Å². The lowest BCUT2D eigenvalue weighted by Gasteiger charge is -1.94. The average Bonchev–Trinajstić information content (AvgIpc) is 3.02. The summed E-state index contributed by atoms with van der Waals surface area (Å²) in [5, 5.41) is 2.86. The van der Waals surface area contributed by atoms with Crippen LogP contribution in [0.2, 0.25) is 0 Å². The van der Waals surface area contributed by atoms with Gasteiger partial charge >= 0.3 is 0 Å². The Balaban J connectivity index is 2.17. The molecule has 19 heavy (non-hydrogen) atoms. The second-order valence-corrected chi connectivity index (χ2v) is 5.96. The number of nitrogens with zero attached hydrogens (tertiary/aromatic N) is 2. The molecule has 0 atom stereocenters. The monoisotopic (exact) mass is 356 g/mol. The Morgan fingerprint density at radius 1 is 1.42 bits per heavy atom. The summed E-state index contributed by atoms with van der Waals surface area (Å²) in [4.78, 5) is 16.5. The van der Waals surface area contributed by atoms with Gasteiger partial charge in [-0.2, -0.15) is 0 Å². The molecule has 2 heterocycles. The van der Waals surface area contributed by atoms with Gasteiger partial charge in [0, 0.05) is 17.0 Å². The Bertz CT molecular complexity index is 768. The molecular weight excluding hydrogens is 351 g/mol. The molecule has 0 spiro atoms. The van der Waals surface area contributed by atoms with Gasteiger partial charge < -0.3 is 0 Å². The minimum Gasteiger partial charge on any atom is -0.286 e. The highest BCUT2D eigenvalue weighted by molar-refractivity contribution is 9.10. The second-order valence-electron chi connectivity index (χ2n) is 3.76. The molecule has 3 aromatic rings. The molecule has 96 valence electrons. The molecule has 0 unspecified atom stereocenters. The molecule has 0 bridgehead atoms. The average molecular weight is 357 g/mol. The number of aromatic nitrogens is 2. The van der Waals surface area contributed by atoms with E-state index in [1.54, 1.807) is 17.5 Å². The van der Waals surface area contributed by atoms with E-state index in [4.69, 9.17) is 0 Å². The molecule has 0 fully saturated rings. The first kappa shape index (κ1) is 12.8. The highest BCUT2D eigenvalue weighted by atomic mass is 79.9. The number of hydrogen-bond donors (Lipinski definition) is 0. The number of hydrogen-bond acceptors (Lipinski definition) is 4. The fourth-order valence-corrected chi connectivity index (χ4v) is 3.45. The molecular formula is C12H6BrFN2OS2. The van der Waals surface area contributed by atoms with Gasteiger partial charge in [-0.15, -0.1) is 15.2 Å². The number of halogens is 2. The first-order chi connectivity index (χ1) is 9.20. The molecule has 0 amide bonds. The minimum absolute atomic E-state index is 0.0751. The Hall–Kier alpha value is -1.18. The van der Waals surface area contributed by atoms with Crippen molar-refractivity contribution in [2.75, 3.05) is 0 Å². The van der Waals surface area contributed by atoms with Crippen molar-refractivity contribution in [2.45, 2.75) is 0 Å². The van der Waals surface area contributed by atoms with E-state index in [1.165, 1.54) is 21.5 Å². The van der Waals surface area contributed by atoms with E-state index in [2.05, 4.69) is 20.9 Å². The summed E-state index contributed by atoms with van der Waals surface area (Å²) in [6.45, 7) is 0. The normalized spacial score (nSPS) is 11.1. The van der Waals surface area contributed by atoms with Crippen LogP contribution in [0.3, 0.4) is 0 Å². The number of carbonyl (C=O) groups is 1. The zero-order chi connectivity index (χ0) is 13.4. The van der Waals surface area contributed by atoms with Crippen molar-refractivity contribution in [2.24, 2.45) is 0 Å². The van der Waals surface area contributed by atoms with Gasteiger partial charge in [-0.1, -0.05) is 18.2 Å². The van der Waals surface area contributed by atoms with E-state index in [9.17, 15) is 8.68 Å². The van der Waals surface area contributed by atoms with Crippen molar-refractivity contribution in [3.63, 3.8) is 0 Å². The number of para-hydroxylation sites is 1. The fraction of sp³-hybridized carbons (Fsp3) is 0. The SMILES string of the molecule is O=C(c1nc(Br)cs1)c1cn(SF)c2ccccc12. The quantitative estimate of drug-likeness (QED) is 0.649. The van der Waals surface area contributed by atoms with Gasteiger partial charge in [0.1, 0.15) is 4.60 Å². The molecule has 7 heteroatoms. The van der Waals surface area contributed by atoms with Crippen LogP contribution < -0.4 is 0 Å². The van der Waals surface area contributed by atoms with E-state index < -0.39 is 0 Å². The summed E-state index contributed by atoms with van der Waals surface area (Å²) < 4.78 is 14.9. The number of ketones is 1. The molecule has 3 nitrogen and oxygen atoms in total. The highest BCUT2D eigenvalue weighted by Crippen LogP contribution is 2.28. The van der Waals surface area contributed by atoms with Gasteiger partial charge in [0.15, 0.2) is 17.3 Å². The molecule has 0 aliphatic heterocycles. The van der Waals surface area contributed by atoms with Crippen LogP contribution in [0, 0.1) is 0 Å². The van der Waals surface area contributed by atoms with Gasteiger partial charge in [-0.3, -0.25) is 8.77 Å². The number of rotatable bonds is 3. The molecule has 0 aliphatic rings. The first-order valence-electron chi connectivity index (χ1n) is 5.25. The molecule has 1 aromatic carbocycles. The van der Waals surface area contributed by atoms with Crippen LogP contribution >= 0.6 is 39.6 Å². The predicted molar refractivity (Wildman–Crippen MR) is 79.3 cm³/mol. The van der Waals surface area contributed by atoms with Gasteiger partial charge in [-0.25, -0.2) is 4.98 Å². The summed E-state index contributed by atoms with van der Waals surface area (Å²) in [6, 6.07) is 7.21. The van der Waals surface area contributed by atoms with Crippen LogP contribution in [0.5, 0.6) is 0 Å². The van der Waals surface area contributed by atoms with Crippen LogP contribution in [0.15, 0.2) is 40.4 Å². The van der Waals surface area contributed by atoms with Crippen molar-refractivity contribution in [1.29, 1.82) is 0 Å². The standard InChI is InChI=1S/C12H6BrFN2OS2/c13-10-6-18-12(15-10)11(17)8-5-16(19-14)9-4-2-1-3-7(8)9/h1-6H.